The van der Waals surface area contributed by atoms with E-state index in [4.69, 9.17) is 4.43 Å². The number of aliphatic hydroxyl groups excluding tert-OH is 1. The molecule has 27 heavy (non-hydrogen) atoms. The summed E-state index contributed by atoms with van der Waals surface area (Å²) in [6, 6.07) is 21.7. The van der Waals surface area contributed by atoms with Crippen LogP contribution < -0.4 is 10.4 Å². The molecule has 0 aliphatic heterocycles. The maximum atomic E-state index is 9.92. The lowest BCUT2D eigenvalue weighted by molar-refractivity contribution is 0.0401. The summed E-state index contributed by atoms with van der Waals surface area (Å²) < 4.78 is 7.10. The fraction of sp³-hybridized carbons (Fsp3) is 0.500. The molecule has 3 heteroatoms. The van der Waals surface area contributed by atoms with Crippen LogP contribution in [0.2, 0.25) is 5.04 Å². The van der Waals surface area contributed by atoms with Crippen molar-refractivity contribution in [3.05, 3.63) is 60.7 Å². The maximum Gasteiger partial charge on any atom is 0.261 e. The Kier molecular flexibility index (Phi) is 5.95. The van der Waals surface area contributed by atoms with Crippen molar-refractivity contribution in [2.45, 2.75) is 64.5 Å². The van der Waals surface area contributed by atoms with Gasteiger partial charge < -0.3 is 9.53 Å². The molecule has 0 heterocycles. The number of benzene rings is 2. The lowest BCUT2D eigenvalue weighted by atomic mass is 9.75. The number of hydrogen-bond acceptors (Lipinski definition) is 2. The summed E-state index contributed by atoms with van der Waals surface area (Å²) in [7, 11) is -2.46. The van der Waals surface area contributed by atoms with Gasteiger partial charge in [0, 0.05) is 6.61 Å². The molecule has 0 aromatic heterocycles. The van der Waals surface area contributed by atoms with E-state index in [1.807, 2.05) is 0 Å². The molecule has 1 aliphatic carbocycles. The van der Waals surface area contributed by atoms with Gasteiger partial charge in [0.05, 0.1) is 6.10 Å². The first-order chi connectivity index (χ1) is 12.8. The van der Waals surface area contributed by atoms with E-state index in [9.17, 15) is 5.11 Å². The largest absolute Gasteiger partial charge is 0.407 e. The van der Waals surface area contributed by atoms with Crippen LogP contribution in [0.25, 0.3) is 0 Å². The van der Waals surface area contributed by atoms with E-state index in [-0.39, 0.29) is 16.6 Å². The van der Waals surface area contributed by atoms with E-state index in [1.165, 1.54) is 10.4 Å². The van der Waals surface area contributed by atoms with E-state index in [1.54, 1.807) is 0 Å². The summed E-state index contributed by atoms with van der Waals surface area (Å²) in [5.74, 6) is 0. The molecule has 0 amide bonds. The third-order valence-electron chi connectivity index (χ3n) is 6.22. The van der Waals surface area contributed by atoms with E-state index < -0.39 is 8.32 Å². The predicted octanol–water partition coefficient (Wildman–Crippen LogP) is 4.50. The molecule has 1 N–H and O–H groups in total. The van der Waals surface area contributed by atoms with Crippen molar-refractivity contribution in [1.82, 2.24) is 0 Å². The number of rotatable bonds is 5. The van der Waals surface area contributed by atoms with Crippen LogP contribution in [0.5, 0.6) is 0 Å². The second-order valence-electron chi connectivity index (χ2n) is 9.49. The lowest BCUT2D eigenvalue weighted by Gasteiger charge is -2.46. The Balaban J connectivity index is 2.02. The molecule has 2 aromatic rings. The van der Waals surface area contributed by atoms with Crippen LogP contribution in [-0.4, -0.2) is 26.1 Å². The molecular weight excluding hydrogens is 348 g/mol. The molecule has 0 radical (unpaired) electrons. The van der Waals surface area contributed by atoms with Crippen LogP contribution in [-0.2, 0) is 4.43 Å². The fourth-order valence-corrected chi connectivity index (χ4v) is 9.21. The van der Waals surface area contributed by atoms with Gasteiger partial charge in [-0.1, -0.05) is 88.4 Å². The molecule has 1 saturated carbocycles. The van der Waals surface area contributed by atoms with Crippen molar-refractivity contribution in [3.63, 3.8) is 0 Å². The molecule has 3 rings (SSSR count). The van der Waals surface area contributed by atoms with E-state index in [2.05, 4.69) is 88.4 Å². The zero-order chi connectivity index (χ0) is 19.5. The van der Waals surface area contributed by atoms with Gasteiger partial charge >= 0.3 is 0 Å². The normalized spacial score (nSPS) is 24.0. The van der Waals surface area contributed by atoms with Gasteiger partial charge in [-0.15, -0.1) is 0 Å². The Morgan fingerprint density at radius 1 is 0.926 bits per heavy atom. The summed E-state index contributed by atoms with van der Waals surface area (Å²) in [4.78, 5) is 0. The molecular formula is C24H34O2Si. The zero-order valence-electron chi connectivity index (χ0n) is 17.2. The standard InChI is InChI=1S/C24H34O2Si/c1-23(2,3)27(21-11-7-5-8-12-21,22-13-9-6-10-14-22)26-19-24(4)17-15-20(25)16-18-24/h5-14,20,25H,15-19H2,1-4H3. The quantitative estimate of drug-likeness (QED) is 0.771. The maximum absolute atomic E-state index is 9.92. The Bertz CT molecular complexity index is 674. The van der Waals surface area contributed by atoms with Gasteiger partial charge in [-0.05, 0) is 46.5 Å². The Morgan fingerprint density at radius 3 is 1.78 bits per heavy atom. The Hall–Kier alpha value is -1.42. The number of aliphatic hydroxyl groups is 1. The van der Waals surface area contributed by atoms with Crippen LogP contribution in [0.1, 0.15) is 53.4 Å². The van der Waals surface area contributed by atoms with Crippen LogP contribution in [0.4, 0.5) is 0 Å². The average Bonchev–Trinajstić information content (AvgIpc) is 2.66. The second kappa shape index (κ2) is 7.90. The van der Waals surface area contributed by atoms with E-state index >= 15 is 0 Å². The Labute approximate surface area is 165 Å². The topological polar surface area (TPSA) is 29.5 Å². The summed E-state index contributed by atoms with van der Waals surface area (Å²) >= 11 is 0. The van der Waals surface area contributed by atoms with Gasteiger partial charge in [-0.25, -0.2) is 0 Å². The molecule has 1 fully saturated rings. The van der Waals surface area contributed by atoms with Gasteiger partial charge in [-0.3, -0.25) is 0 Å². The molecule has 1 aliphatic rings. The third-order valence-corrected chi connectivity index (χ3v) is 11.2. The van der Waals surface area contributed by atoms with Crippen LogP contribution in [0, 0.1) is 5.41 Å². The molecule has 2 nitrogen and oxygen atoms in total. The highest BCUT2D eigenvalue weighted by molar-refractivity contribution is 6.99. The van der Waals surface area contributed by atoms with Crippen molar-refractivity contribution < 1.29 is 9.53 Å². The van der Waals surface area contributed by atoms with Crippen molar-refractivity contribution in [3.8, 4) is 0 Å². The average molecular weight is 383 g/mol. The minimum Gasteiger partial charge on any atom is -0.407 e. The first-order valence-corrected chi connectivity index (χ1v) is 12.1. The second-order valence-corrected chi connectivity index (χ2v) is 13.8. The van der Waals surface area contributed by atoms with Gasteiger partial charge in [0.2, 0.25) is 0 Å². The minimum atomic E-state index is -2.46. The molecule has 0 atom stereocenters. The molecule has 2 aromatic carbocycles. The molecule has 0 spiro atoms. The van der Waals surface area contributed by atoms with Crippen molar-refractivity contribution >= 4 is 18.7 Å². The van der Waals surface area contributed by atoms with Gasteiger partial charge in [-0.2, -0.15) is 0 Å². The molecule has 0 bridgehead atoms. The Morgan fingerprint density at radius 2 is 1.37 bits per heavy atom. The third kappa shape index (κ3) is 4.21. The van der Waals surface area contributed by atoms with Gasteiger partial charge in [0.1, 0.15) is 0 Å². The smallest absolute Gasteiger partial charge is 0.261 e. The minimum absolute atomic E-state index is 0.0141. The van der Waals surface area contributed by atoms with Crippen molar-refractivity contribution in [2.24, 2.45) is 5.41 Å². The summed E-state index contributed by atoms with van der Waals surface area (Å²) in [5, 5.41) is 12.6. The number of hydrogen-bond donors (Lipinski definition) is 1. The summed E-state index contributed by atoms with van der Waals surface area (Å²) in [5.41, 5.74) is 0.145. The summed E-state index contributed by atoms with van der Waals surface area (Å²) in [6.45, 7) is 10.1. The predicted molar refractivity (Wildman–Crippen MR) is 116 cm³/mol. The SMILES string of the molecule is CC1(CO[Si](c2ccccc2)(c2ccccc2)C(C)(C)C)CCC(O)CC1. The molecule has 0 saturated heterocycles. The highest BCUT2D eigenvalue weighted by Gasteiger charge is 2.51. The molecule has 146 valence electrons. The first kappa shape index (κ1) is 20.3. The van der Waals surface area contributed by atoms with E-state index in [0.717, 1.165) is 32.3 Å². The van der Waals surface area contributed by atoms with Crippen molar-refractivity contribution in [1.29, 1.82) is 0 Å². The van der Waals surface area contributed by atoms with Gasteiger partial charge in [0.15, 0.2) is 0 Å². The van der Waals surface area contributed by atoms with Crippen LogP contribution >= 0.6 is 0 Å². The monoisotopic (exact) mass is 382 g/mol. The van der Waals surface area contributed by atoms with Crippen LogP contribution in [0.15, 0.2) is 60.7 Å². The first-order valence-electron chi connectivity index (χ1n) is 10.2. The summed E-state index contributed by atoms with van der Waals surface area (Å²) in [6.07, 6.45) is 3.71. The highest BCUT2D eigenvalue weighted by Crippen LogP contribution is 2.41. The zero-order valence-corrected chi connectivity index (χ0v) is 18.2. The lowest BCUT2D eigenvalue weighted by Crippen LogP contribution is -2.67. The van der Waals surface area contributed by atoms with E-state index in [0.29, 0.717) is 0 Å². The highest BCUT2D eigenvalue weighted by atomic mass is 28.4. The fourth-order valence-electron chi connectivity index (χ4n) is 4.49. The van der Waals surface area contributed by atoms with Gasteiger partial charge in [0.25, 0.3) is 8.32 Å². The van der Waals surface area contributed by atoms with Crippen LogP contribution in [0.3, 0.4) is 0 Å². The van der Waals surface area contributed by atoms with Crippen molar-refractivity contribution in [2.75, 3.05) is 6.61 Å². The molecule has 0 unspecified atom stereocenters.